The van der Waals surface area contributed by atoms with Gasteiger partial charge in [-0.1, -0.05) is 48.3 Å². The molecule has 0 radical (unpaired) electrons. The summed E-state index contributed by atoms with van der Waals surface area (Å²) in [6.45, 7) is 0.0242. The van der Waals surface area contributed by atoms with E-state index in [1.807, 2.05) is 0 Å². The fourth-order valence-corrected chi connectivity index (χ4v) is 4.90. The third-order valence-corrected chi connectivity index (χ3v) is 6.45. The van der Waals surface area contributed by atoms with Crippen LogP contribution in [0.5, 0.6) is 0 Å². The molecule has 0 aliphatic heterocycles. The van der Waals surface area contributed by atoms with Crippen molar-refractivity contribution in [2.75, 3.05) is 0 Å². The highest BCUT2D eigenvalue weighted by atomic mass is 32.2. The number of aromatic nitrogens is 6. The predicted molar refractivity (Wildman–Crippen MR) is 109 cm³/mol. The van der Waals surface area contributed by atoms with E-state index in [4.69, 9.17) is 4.52 Å². The van der Waals surface area contributed by atoms with E-state index < -0.39 is 0 Å². The van der Waals surface area contributed by atoms with Crippen LogP contribution in [-0.4, -0.2) is 34.6 Å². The Morgan fingerprint density at radius 1 is 1.23 bits per heavy atom. The normalized spacial score (nSPS) is 15.1. The number of hydrogen-bond acceptors (Lipinski definition) is 7. The Kier molecular flexibility index (Phi) is 5.07. The molecule has 4 aromatic rings. The standard InChI is InChI=1S/C20H19FN6O2S/c21-14-6-4-5-13(11-14)17-23-16(29-25-17)12-27-20(28)26-10-9-22-19(18(26)24-27)30-15-7-2-1-3-8-15/h4-6,9-11,15H,1-3,7-8,12H2. The highest BCUT2D eigenvalue weighted by molar-refractivity contribution is 8.00. The molecule has 1 saturated carbocycles. The number of nitrogens with zero attached hydrogens (tertiary/aromatic N) is 6. The predicted octanol–water partition coefficient (Wildman–Crippen LogP) is 3.55. The number of halogens is 1. The molecule has 0 spiro atoms. The maximum atomic E-state index is 13.4. The smallest absolute Gasteiger partial charge is 0.337 e. The zero-order valence-electron chi connectivity index (χ0n) is 16.1. The van der Waals surface area contributed by atoms with Gasteiger partial charge in [0.2, 0.25) is 11.7 Å². The Morgan fingerprint density at radius 3 is 2.93 bits per heavy atom. The summed E-state index contributed by atoms with van der Waals surface area (Å²) in [6, 6.07) is 5.94. The van der Waals surface area contributed by atoms with Crippen LogP contribution < -0.4 is 5.69 Å². The maximum absolute atomic E-state index is 13.4. The summed E-state index contributed by atoms with van der Waals surface area (Å²) in [5.41, 5.74) is 0.731. The van der Waals surface area contributed by atoms with Gasteiger partial charge in [0.1, 0.15) is 17.4 Å². The van der Waals surface area contributed by atoms with Gasteiger partial charge in [0, 0.05) is 23.2 Å². The number of thioether (sulfide) groups is 1. The summed E-state index contributed by atoms with van der Waals surface area (Å²) in [5, 5.41) is 9.61. The minimum absolute atomic E-state index is 0.0242. The van der Waals surface area contributed by atoms with Gasteiger partial charge in [-0.25, -0.2) is 23.3 Å². The van der Waals surface area contributed by atoms with Crippen LogP contribution in [0.2, 0.25) is 0 Å². The van der Waals surface area contributed by atoms with E-state index in [0.29, 0.717) is 16.5 Å². The van der Waals surface area contributed by atoms with Crippen molar-refractivity contribution in [1.82, 2.24) is 29.3 Å². The molecule has 1 fully saturated rings. The average molecular weight is 426 g/mol. The Bertz CT molecular complexity index is 1240. The SMILES string of the molecule is O=c1n(Cc2nc(-c3cccc(F)c3)no2)nc2c(SC3CCCCC3)nccn12. The number of rotatable bonds is 5. The zero-order chi connectivity index (χ0) is 20.5. The summed E-state index contributed by atoms with van der Waals surface area (Å²) in [5.74, 6) is 0.0941. The van der Waals surface area contributed by atoms with Crippen LogP contribution in [0, 0.1) is 5.82 Å². The second kappa shape index (κ2) is 8.02. The Morgan fingerprint density at radius 2 is 2.10 bits per heavy atom. The second-order valence-corrected chi connectivity index (χ2v) is 8.56. The van der Waals surface area contributed by atoms with Crippen LogP contribution >= 0.6 is 11.8 Å². The van der Waals surface area contributed by atoms with Crippen molar-refractivity contribution in [2.45, 2.75) is 48.9 Å². The van der Waals surface area contributed by atoms with Crippen LogP contribution in [0.3, 0.4) is 0 Å². The molecule has 0 amide bonds. The molecule has 0 unspecified atom stereocenters. The first-order valence-electron chi connectivity index (χ1n) is 9.87. The lowest BCUT2D eigenvalue weighted by atomic mass is 10.0. The van der Waals surface area contributed by atoms with E-state index >= 15 is 0 Å². The van der Waals surface area contributed by atoms with E-state index in [9.17, 15) is 9.18 Å². The maximum Gasteiger partial charge on any atom is 0.350 e. The molecule has 0 bridgehead atoms. The fourth-order valence-electron chi connectivity index (χ4n) is 3.64. The van der Waals surface area contributed by atoms with E-state index in [-0.39, 0.29) is 29.8 Å². The van der Waals surface area contributed by atoms with Crippen LogP contribution in [0.1, 0.15) is 38.0 Å². The first kappa shape index (κ1) is 19.0. The minimum atomic E-state index is -0.383. The Labute approximate surface area is 175 Å². The Balaban J connectivity index is 1.42. The molecule has 3 heterocycles. The molecule has 1 aliphatic rings. The van der Waals surface area contributed by atoms with Gasteiger partial charge in [0.05, 0.1) is 0 Å². The molecule has 1 aliphatic carbocycles. The molecule has 3 aromatic heterocycles. The lowest BCUT2D eigenvalue weighted by molar-refractivity contribution is 0.364. The molecule has 5 rings (SSSR count). The third-order valence-electron chi connectivity index (χ3n) is 5.14. The van der Waals surface area contributed by atoms with Crippen LogP contribution in [0.25, 0.3) is 17.0 Å². The average Bonchev–Trinajstić information content (AvgIpc) is 3.35. The highest BCUT2D eigenvalue weighted by Gasteiger charge is 2.20. The first-order valence-corrected chi connectivity index (χ1v) is 10.7. The van der Waals surface area contributed by atoms with E-state index in [1.54, 1.807) is 36.3 Å². The summed E-state index contributed by atoms with van der Waals surface area (Å²) in [7, 11) is 0. The molecule has 10 heteroatoms. The molecule has 154 valence electrons. The van der Waals surface area contributed by atoms with Crippen LogP contribution in [0.15, 0.2) is 51.0 Å². The van der Waals surface area contributed by atoms with Gasteiger partial charge in [-0.15, -0.1) is 5.10 Å². The van der Waals surface area contributed by atoms with Crippen molar-refractivity contribution < 1.29 is 8.91 Å². The van der Waals surface area contributed by atoms with Crippen molar-refractivity contribution >= 4 is 17.4 Å². The minimum Gasteiger partial charge on any atom is -0.337 e. The zero-order valence-corrected chi connectivity index (χ0v) is 16.9. The van der Waals surface area contributed by atoms with Gasteiger partial charge in [0.15, 0.2) is 5.65 Å². The molecule has 0 atom stereocenters. The topological polar surface area (TPSA) is 91.1 Å². The summed E-state index contributed by atoms with van der Waals surface area (Å²) >= 11 is 1.69. The third kappa shape index (κ3) is 3.74. The van der Waals surface area contributed by atoms with Gasteiger partial charge in [-0.2, -0.15) is 4.98 Å². The van der Waals surface area contributed by atoms with Gasteiger partial charge < -0.3 is 4.52 Å². The molecule has 1 aromatic carbocycles. The molecule has 0 saturated heterocycles. The van der Waals surface area contributed by atoms with Crippen molar-refractivity contribution in [3.63, 3.8) is 0 Å². The molecule has 0 N–H and O–H groups in total. The van der Waals surface area contributed by atoms with Gasteiger partial charge >= 0.3 is 5.69 Å². The van der Waals surface area contributed by atoms with E-state index in [1.165, 1.54) is 40.5 Å². The second-order valence-electron chi connectivity index (χ2n) is 7.27. The highest BCUT2D eigenvalue weighted by Crippen LogP contribution is 2.33. The number of benzene rings is 1. The lowest BCUT2D eigenvalue weighted by Crippen LogP contribution is -2.21. The van der Waals surface area contributed by atoms with Gasteiger partial charge in [-0.05, 0) is 25.0 Å². The van der Waals surface area contributed by atoms with Crippen molar-refractivity contribution in [3.8, 4) is 11.4 Å². The lowest BCUT2D eigenvalue weighted by Gasteiger charge is -2.20. The van der Waals surface area contributed by atoms with Crippen molar-refractivity contribution in [2.24, 2.45) is 0 Å². The molecular formula is C20H19FN6O2S. The van der Waals surface area contributed by atoms with E-state index in [2.05, 4.69) is 20.2 Å². The first-order chi connectivity index (χ1) is 14.7. The van der Waals surface area contributed by atoms with E-state index in [0.717, 1.165) is 17.9 Å². The molecule has 30 heavy (non-hydrogen) atoms. The molecular weight excluding hydrogens is 407 g/mol. The van der Waals surface area contributed by atoms with Crippen LogP contribution in [-0.2, 0) is 6.54 Å². The monoisotopic (exact) mass is 426 g/mol. The van der Waals surface area contributed by atoms with Gasteiger partial charge in [0.25, 0.3) is 0 Å². The van der Waals surface area contributed by atoms with Crippen molar-refractivity contribution in [1.29, 1.82) is 0 Å². The number of hydrogen-bond donors (Lipinski definition) is 0. The summed E-state index contributed by atoms with van der Waals surface area (Å²) in [6.07, 6.45) is 9.29. The van der Waals surface area contributed by atoms with Crippen LogP contribution in [0.4, 0.5) is 4.39 Å². The quantitative estimate of drug-likeness (QED) is 0.482. The van der Waals surface area contributed by atoms with Crippen molar-refractivity contribution in [3.05, 3.63) is 58.9 Å². The molecule has 8 nitrogen and oxygen atoms in total. The Hall–Kier alpha value is -3.01. The van der Waals surface area contributed by atoms with Gasteiger partial charge in [-0.3, -0.25) is 0 Å². The number of fused-ring (bicyclic) bond motifs is 1. The largest absolute Gasteiger partial charge is 0.350 e. The fraction of sp³-hybridized carbons (Fsp3) is 0.350. The summed E-state index contributed by atoms with van der Waals surface area (Å²) < 4.78 is 21.5. The summed E-state index contributed by atoms with van der Waals surface area (Å²) in [4.78, 5) is 21.5.